The van der Waals surface area contributed by atoms with E-state index in [0.29, 0.717) is 0 Å². The van der Waals surface area contributed by atoms with Gasteiger partial charge in [-0.15, -0.1) is 0 Å². The minimum absolute atomic E-state index is 0.563. The maximum absolute atomic E-state index is 9.66. The van der Waals surface area contributed by atoms with Crippen LogP contribution in [0.25, 0.3) is 0 Å². The molecule has 0 saturated carbocycles. The number of hydrogen-bond donors (Lipinski definition) is 2. The summed E-state index contributed by atoms with van der Waals surface area (Å²) in [5.41, 5.74) is 0. The second-order valence-electron chi connectivity index (χ2n) is 1.89. The molecular weight excluding hydrogens is 168 g/mol. The number of carbonyl (C=O) groups is 2. The van der Waals surface area contributed by atoms with Gasteiger partial charge in [0, 0.05) is 0 Å². The molecule has 1 heterocycles. The molecule has 6 heteroatoms. The largest absolute Gasteiger partial charge is 0.480 e. The van der Waals surface area contributed by atoms with Gasteiger partial charge in [-0.25, -0.2) is 9.59 Å². The van der Waals surface area contributed by atoms with Crippen LogP contribution in [0.15, 0.2) is 0 Å². The zero-order valence-electron chi connectivity index (χ0n) is 6.36. The van der Waals surface area contributed by atoms with Crippen molar-refractivity contribution in [2.45, 2.75) is 0 Å². The molecule has 1 aliphatic rings. The summed E-state index contributed by atoms with van der Waals surface area (Å²) in [4.78, 5) is 19.3. The standard InChI is InChI=1S/C4H6O5.C2H4O/c5-3(6)1-9-2-4(7)8;1-2-3-1/h1-2H2,(H,5,6)(H,7,8);1-2H2. The van der Waals surface area contributed by atoms with E-state index < -0.39 is 25.2 Å². The molecule has 0 aromatic heterocycles. The third-order valence-corrected chi connectivity index (χ3v) is 0.655. The highest BCUT2D eigenvalue weighted by Crippen LogP contribution is 1.84. The zero-order chi connectivity index (χ0) is 9.40. The molecule has 0 bridgehead atoms. The monoisotopic (exact) mass is 178 g/mol. The lowest BCUT2D eigenvalue weighted by Gasteiger charge is -1.92. The molecule has 1 saturated heterocycles. The summed E-state index contributed by atoms with van der Waals surface area (Å²) >= 11 is 0. The molecule has 0 aromatic carbocycles. The molecule has 1 aliphatic heterocycles. The van der Waals surface area contributed by atoms with Gasteiger partial charge in [0.15, 0.2) is 0 Å². The Morgan fingerprint density at radius 2 is 1.50 bits per heavy atom. The van der Waals surface area contributed by atoms with Gasteiger partial charge in [0.1, 0.15) is 13.2 Å². The van der Waals surface area contributed by atoms with Gasteiger partial charge < -0.3 is 19.7 Å². The SMILES string of the molecule is C1CO1.O=C(O)COCC(=O)O. The first kappa shape index (κ1) is 10.9. The number of ether oxygens (including phenoxy) is 2. The predicted molar refractivity (Wildman–Crippen MR) is 36.9 cm³/mol. The second kappa shape index (κ2) is 6.56. The summed E-state index contributed by atoms with van der Waals surface area (Å²) in [6.07, 6.45) is 0. The fourth-order valence-corrected chi connectivity index (χ4v) is 0.226. The smallest absolute Gasteiger partial charge is 0.329 e. The second-order valence-corrected chi connectivity index (χ2v) is 1.89. The fourth-order valence-electron chi connectivity index (χ4n) is 0.226. The van der Waals surface area contributed by atoms with E-state index in [2.05, 4.69) is 9.47 Å². The molecule has 0 aliphatic carbocycles. The Labute approximate surface area is 68.7 Å². The molecule has 0 aromatic rings. The van der Waals surface area contributed by atoms with Gasteiger partial charge >= 0.3 is 11.9 Å². The van der Waals surface area contributed by atoms with Crippen molar-refractivity contribution >= 4 is 11.9 Å². The number of rotatable bonds is 4. The maximum atomic E-state index is 9.66. The highest BCUT2D eigenvalue weighted by Gasteiger charge is 1.99. The van der Waals surface area contributed by atoms with E-state index in [9.17, 15) is 9.59 Å². The Bertz CT molecular complexity index is 135. The number of epoxide rings is 1. The number of carboxylic acids is 2. The fraction of sp³-hybridized carbons (Fsp3) is 0.667. The summed E-state index contributed by atoms with van der Waals surface area (Å²) in [5.74, 6) is -2.34. The predicted octanol–water partition coefficient (Wildman–Crippen LogP) is -0.811. The van der Waals surface area contributed by atoms with Gasteiger partial charge in [-0.2, -0.15) is 0 Å². The molecule has 0 unspecified atom stereocenters. The summed E-state index contributed by atoms with van der Waals surface area (Å²) in [5, 5.41) is 15.8. The van der Waals surface area contributed by atoms with Crippen molar-refractivity contribution in [1.82, 2.24) is 0 Å². The molecule has 0 spiro atoms. The number of hydrogen-bond acceptors (Lipinski definition) is 4. The summed E-state index contributed by atoms with van der Waals surface area (Å²) in [7, 11) is 0. The average Bonchev–Trinajstić information content (AvgIpc) is 2.68. The summed E-state index contributed by atoms with van der Waals surface area (Å²) in [6, 6.07) is 0. The molecule has 0 radical (unpaired) electrons. The van der Waals surface area contributed by atoms with Crippen molar-refractivity contribution in [3.05, 3.63) is 0 Å². The van der Waals surface area contributed by atoms with Gasteiger partial charge in [-0.05, 0) is 0 Å². The van der Waals surface area contributed by atoms with Crippen LogP contribution in [0.1, 0.15) is 0 Å². The molecule has 1 fully saturated rings. The molecule has 70 valence electrons. The van der Waals surface area contributed by atoms with Crippen molar-refractivity contribution in [2.75, 3.05) is 26.4 Å². The molecular formula is C6H10O6. The Balaban J connectivity index is 0.000000330. The first-order valence-corrected chi connectivity index (χ1v) is 3.22. The molecule has 12 heavy (non-hydrogen) atoms. The average molecular weight is 178 g/mol. The van der Waals surface area contributed by atoms with Crippen LogP contribution in [-0.4, -0.2) is 48.6 Å². The van der Waals surface area contributed by atoms with Crippen LogP contribution in [0.2, 0.25) is 0 Å². The minimum atomic E-state index is -1.17. The molecule has 2 N–H and O–H groups in total. The molecule has 0 amide bonds. The first-order chi connectivity index (χ1) is 5.63. The van der Waals surface area contributed by atoms with Crippen molar-refractivity contribution in [2.24, 2.45) is 0 Å². The van der Waals surface area contributed by atoms with E-state index in [0.717, 1.165) is 13.2 Å². The van der Waals surface area contributed by atoms with E-state index >= 15 is 0 Å². The van der Waals surface area contributed by atoms with E-state index in [4.69, 9.17) is 10.2 Å². The molecule has 0 atom stereocenters. The Morgan fingerprint density at radius 1 is 1.17 bits per heavy atom. The van der Waals surface area contributed by atoms with Crippen LogP contribution in [-0.2, 0) is 19.1 Å². The van der Waals surface area contributed by atoms with Crippen molar-refractivity contribution < 1.29 is 29.3 Å². The van der Waals surface area contributed by atoms with Gasteiger partial charge in [-0.3, -0.25) is 0 Å². The Hall–Kier alpha value is -1.14. The third-order valence-electron chi connectivity index (χ3n) is 0.655. The number of carboxylic acid groups (broad SMARTS) is 2. The van der Waals surface area contributed by atoms with E-state index in [1.807, 2.05) is 0 Å². The maximum Gasteiger partial charge on any atom is 0.329 e. The quantitative estimate of drug-likeness (QED) is 0.546. The van der Waals surface area contributed by atoms with Crippen molar-refractivity contribution in [3.63, 3.8) is 0 Å². The summed E-state index contributed by atoms with van der Waals surface area (Å²) < 4.78 is 8.66. The van der Waals surface area contributed by atoms with Gasteiger partial charge in [0.2, 0.25) is 0 Å². The highest BCUT2D eigenvalue weighted by atomic mass is 16.6. The van der Waals surface area contributed by atoms with Crippen LogP contribution in [0.5, 0.6) is 0 Å². The van der Waals surface area contributed by atoms with E-state index in [1.165, 1.54) is 0 Å². The van der Waals surface area contributed by atoms with Gasteiger partial charge in [0.25, 0.3) is 0 Å². The Kier molecular flexibility index (Phi) is 5.94. The van der Waals surface area contributed by atoms with Gasteiger partial charge in [0.05, 0.1) is 13.2 Å². The molecule has 1 rings (SSSR count). The Morgan fingerprint density at radius 3 is 1.67 bits per heavy atom. The zero-order valence-corrected chi connectivity index (χ0v) is 6.36. The third kappa shape index (κ3) is 15.9. The van der Waals surface area contributed by atoms with E-state index in [-0.39, 0.29) is 0 Å². The first-order valence-electron chi connectivity index (χ1n) is 3.22. The lowest BCUT2D eigenvalue weighted by atomic mass is 10.7. The van der Waals surface area contributed by atoms with Crippen LogP contribution in [0.4, 0.5) is 0 Å². The highest BCUT2D eigenvalue weighted by molar-refractivity contribution is 5.70. The van der Waals surface area contributed by atoms with Crippen LogP contribution < -0.4 is 0 Å². The van der Waals surface area contributed by atoms with E-state index in [1.54, 1.807) is 0 Å². The molecule has 6 nitrogen and oxygen atoms in total. The van der Waals surface area contributed by atoms with Crippen LogP contribution in [0.3, 0.4) is 0 Å². The van der Waals surface area contributed by atoms with Crippen LogP contribution in [0, 0.1) is 0 Å². The van der Waals surface area contributed by atoms with Crippen molar-refractivity contribution in [1.29, 1.82) is 0 Å². The number of aliphatic carboxylic acids is 2. The van der Waals surface area contributed by atoms with Crippen LogP contribution >= 0.6 is 0 Å². The van der Waals surface area contributed by atoms with Gasteiger partial charge in [-0.1, -0.05) is 0 Å². The lowest BCUT2D eigenvalue weighted by Crippen LogP contribution is -2.13. The summed E-state index contributed by atoms with van der Waals surface area (Å²) in [6.45, 7) is 0.874. The minimum Gasteiger partial charge on any atom is -0.480 e. The topological polar surface area (TPSA) is 96.4 Å². The van der Waals surface area contributed by atoms with Crippen molar-refractivity contribution in [3.8, 4) is 0 Å². The normalized spacial score (nSPS) is 12.7. The lowest BCUT2D eigenvalue weighted by molar-refractivity contribution is -0.148.